The van der Waals surface area contributed by atoms with Crippen molar-refractivity contribution in [2.45, 2.75) is 19.3 Å². The molecule has 0 unspecified atom stereocenters. The van der Waals surface area contributed by atoms with Crippen molar-refractivity contribution < 1.29 is 4.74 Å². The third-order valence-corrected chi connectivity index (χ3v) is 11.5. The van der Waals surface area contributed by atoms with Crippen LogP contribution in [0.3, 0.4) is 0 Å². The van der Waals surface area contributed by atoms with E-state index in [1.165, 1.54) is 60.8 Å². The molecule has 8 aromatic rings. The van der Waals surface area contributed by atoms with Crippen LogP contribution in [0.1, 0.15) is 25.0 Å². The number of para-hydroxylation sites is 3. The normalized spacial score (nSPS) is 14.1. The number of hydrogen-bond acceptors (Lipinski definition) is 4. The van der Waals surface area contributed by atoms with Crippen LogP contribution in [0.5, 0.6) is 11.5 Å². The molecule has 0 N–H and O–H groups in total. The van der Waals surface area contributed by atoms with E-state index >= 15 is 0 Å². The molecule has 0 saturated carbocycles. The van der Waals surface area contributed by atoms with Gasteiger partial charge in [0.15, 0.2) is 0 Å². The third-order valence-electron chi connectivity index (χ3n) is 11.5. The van der Waals surface area contributed by atoms with Crippen LogP contribution in [0, 0.1) is 0 Å². The molecule has 5 heteroatoms. The summed E-state index contributed by atoms with van der Waals surface area (Å²) < 4.78 is 6.91. The van der Waals surface area contributed by atoms with Crippen LogP contribution < -0.4 is 30.9 Å². The fourth-order valence-corrected chi connectivity index (χ4v) is 9.28. The smallest absolute Gasteiger partial charge is 0.256 e. The summed E-state index contributed by atoms with van der Waals surface area (Å²) in [5.41, 5.74) is 15.6. The van der Waals surface area contributed by atoms with Gasteiger partial charge in [-0.2, -0.15) is 0 Å². The van der Waals surface area contributed by atoms with E-state index in [0.717, 1.165) is 34.2 Å². The Morgan fingerprint density at radius 1 is 0.585 bits per heavy atom. The van der Waals surface area contributed by atoms with Crippen LogP contribution in [0.25, 0.3) is 21.9 Å². The summed E-state index contributed by atoms with van der Waals surface area (Å²) in [5.74, 6) is 1.87. The topological polar surface area (TPSA) is 28.6 Å². The number of ether oxygens (including phenoxy) is 1. The van der Waals surface area contributed by atoms with E-state index < -0.39 is 0 Å². The van der Waals surface area contributed by atoms with Gasteiger partial charge in [-0.1, -0.05) is 98.8 Å². The van der Waals surface area contributed by atoms with E-state index in [0.29, 0.717) is 0 Å². The summed E-state index contributed by atoms with van der Waals surface area (Å²) >= 11 is 0. The second-order valence-corrected chi connectivity index (χ2v) is 14.8. The van der Waals surface area contributed by atoms with Gasteiger partial charge >= 0.3 is 0 Å². The van der Waals surface area contributed by atoms with Gasteiger partial charge in [-0.05, 0) is 122 Å². The maximum atomic E-state index is 6.91. The Morgan fingerprint density at radius 3 is 2.15 bits per heavy atom. The van der Waals surface area contributed by atoms with Crippen molar-refractivity contribution in [2.75, 3.05) is 9.80 Å². The molecule has 0 amide bonds. The molecule has 3 heterocycles. The van der Waals surface area contributed by atoms with Gasteiger partial charge in [0.1, 0.15) is 11.5 Å². The summed E-state index contributed by atoms with van der Waals surface area (Å²) in [6.45, 7) is 4.83. The van der Waals surface area contributed by atoms with Crippen molar-refractivity contribution in [3.63, 3.8) is 0 Å². The van der Waals surface area contributed by atoms with E-state index in [1.54, 1.807) is 0 Å². The van der Waals surface area contributed by atoms with E-state index in [2.05, 4.69) is 186 Å². The van der Waals surface area contributed by atoms with Gasteiger partial charge in [-0.15, -0.1) is 0 Å². The number of anilines is 6. The lowest BCUT2D eigenvalue weighted by atomic mass is 9.34. The number of fused-ring (bicyclic) bond motifs is 9. The molecule has 0 saturated heterocycles. The average Bonchev–Trinajstić information content (AvgIpc) is 3.43. The Bertz CT molecular complexity index is 2710. The first kappa shape index (κ1) is 30.1. The highest BCUT2D eigenvalue weighted by Gasteiger charge is 2.44. The molecule has 0 bridgehead atoms. The lowest BCUT2D eigenvalue weighted by Gasteiger charge is -2.40. The summed E-state index contributed by atoms with van der Waals surface area (Å²) in [6, 6.07) is 57.0. The maximum absolute atomic E-state index is 6.91. The van der Waals surface area contributed by atoms with Gasteiger partial charge in [0.2, 0.25) is 0 Å². The van der Waals surface area contributed by atoms with Crippen molar-refractivity contribution in [1.82, 2.24) is 4.98 Å². The SMILES string of the molecule is CC1(C)c2cc3c(cc2-c2ccc4cc(N(c5ccccc5)c5ccncc5)ccc4c21)Oc1cccc2c1B3c1ccccc1N2c1ccccc1. The van der Waals surface area contributed by atoms with Crippen molar-refractivity contribution >= 4 is 68.0 Å². The molecule has 11 rings (SSSR count). The molecule has 250 valence electrons. The van der Waals surface area contributed by atoms with Crippen LogP contribution in [0.15, 0.2) is 170 Å². The highest BCUT2D eigenvalue weighted by molar-refractivity contribution is 6.99. The molecule has 4 nitrogen and oxygen atoms in total. The number of hydrogen-bond donors (Lipinski definition) is 0. The molecule has 0 fully saturated rings. The minimum Gasteiger partial charge on any atom is -0.458 e. The van der Waals surface area contributed by atoms with Gasteiger partial charge in [0.25, 0.3) is 6.71 Å². The molecule has 0 radical (unpaired) electrons. The van der Waals surface area contributed by atoms with E-state index in [1.807, 2.05) is 12.4 Å². The molecule has 1 aromatic heterocycles. The standard InChI is InChI=1S/C48H34BN3O/c1-48(2)39-30-41-45(53-44-19-11-18-43-47(44)49(41)40-16-9-10-17-42(40)52(43)33-14-7-4-8-15-33)29-38(39)37-22-20-31-28-35(21-23-36(31)46(37)48)51(32-12-5-3-6-13-32)34-24-26-50-27-25-34/h3-30H,1-2H3. The predicted octanol–water partition coefficient (Wildman–Crippen LogP) is 10.4. The molecule has 1 aliphatic carbocycles. The quantitative estimate of drug-likeness (QED) is 0.173. The zero-order valence-electron chi connectivity index (χ0n) is 29.5. The minimum absolute atomic E-state index is 0.0578. The molecule has 0 atom stereocenters. The largest absolute Gasteiger partial charge is 0.458 e. The fourth-order valence-electron chi connectivity index (χ4n) is 9.28. The number of aromatic nitrogens is 1. The van der Waals surface area contributed by atoms with Crippen LogP contribution in [-0.4, -0.2) is 11.7 Å². The van der Waals surface area contributed by atoms with Crippen LogP contribution in [0.2, 0.25) is 0 Å². The van der Waals surface area contributed by atoms with Gasteiger partial charge in [-0.25, -0.2) is 0 Å². The van der Waals surface area contributed by atoms with Crippen LogP contribution >= 0.6 is 0 Å². The Labute approximate surface area is 309 Å². The maximum Gasteiger partial charge on any atom is 0.256 e. The first-order chi connectivity index (χ1) is 26.1. The van der Waals surface area contributed by atoms with E-state index in [-0.39, 0.29) is 12.1 Å². The Balaban J connectivity index is 1.06. The number of rotatable bonds is 4. The summed E-state index contributed by atoms with van der Waals surface area (Å²) in [4.78, 5) is 8.97. The zero-order chi connectivity index (χ0) is 35.3. The summed E-state index contributed by atoms with van der Waals surface area (Å²) in [7, 11) is 0. The average molecular weight is 680 g/mol. The van der Waals surface area contributed by atoms with E-state index in [9.17, 15) is 0 Å². The monoisotopic (exact) mass is 679 g/mol. The number of benzene rings is 7. The fraction of sp³-hybridized carbons (Fsp3) is 0.0625. The number of nitrogens with zero attached hydrogens (tertiary/aromatic N) is 3. The summed E-state index contributed by atoms with van der Waals surface area (Å²) in [5, 5.41) is 2.50. The van der Waals surface area contributed by atoms with E-state index in [4.69, 9.17) is 4.74 Å². The third kappa shape index (κ3) is 4.34. The van der Waals surface area contributed by atoms with Crippen molar-refractivity contribution in [2.24, 2.45) is 0 Å². The van der Waals surface area contributed by atoms with Crippen LogP contribution in [-0.2, 0) is 5.41 Å². The number of pyridine rings is 1. The molecule has 2 aliphatic heterocycles. The molecule has 3 aliphatic rings. The van der Waals surface area contributed by atoms with Crippen molar-refractivity contribution in [1.29, 1.82) is 0 Å². The molecule has 0 spiro atoms. The minimum atomic E-state index is -0.227. The Hall–Kier alpha value is -6.59. The summed E-state index contributed by atoms with van der Waals surface area (Å²) in [6.07, 6.45) is 3.71. The highest BCUT2D eigenvalue weighted by atomic mass is 16.5. The van der Waals surface area contributed by atoms with Gasteiger partial charge in [0, 0.05) is 51.9 Å². The van der Waals surface area contributed by atoms with Gasteiger partial charge in [-0.3, -0.25) is 4.98 Å². The zero-order valence-corrected chi connectivity index (χ0v) is 29.5. The lowest BCUT2D eigenvalue weighted by molar-refractivity contribution is 0.487. The Kier molecular flexibility index (Phi) is 6.36. The molecular formula is C48H34BN3O. The Morgan fingerprint density at radius 2 is 1.32 bits per heavy atom. The van der Waals surface area contributed by atoms with Crippen LogP contribution in [0.4, 0.5) is 34.1 Å². The first-order valence-electron chi connectivity index (χ1n) is 18.3. The van der Waals surface area contributed by atoms with Crippen molar-refractivity contribution in [3.05, 3.63) is 181 Å². The highest BCUT2D eigenvalue weighted by Crippen LogP contribution is 2.53. The molecule has 53 heavy (non-hydrogen) atoms. The molecular weight excluding hydrogens is 645 g/mol. The van der Waals surface area contributed by atoms with Crippen molar-refractivity contribution in [3.8, 4) is 22.6 Å². The molecule has 7 aromatic carbocycles. The lowest BCUT2D eigenvalue weighted by Crippen LogP contribution is -2.59. The first-order valence-corrected chi connectivity index (χ1v) is 18.3. The van der Waals surface area contributed by atoms with Gasteiger partial charge < -0.3 is 14.5 Å². The second-order valence-electron chi connectivity index (χ2n) is 14.8. The predicted molar refractivity (Wildman–Crippen MR) is 220 cm³/mol. The van der Waals surface area contributed by atoms with Gasteiger partial charge in [0.05, 0.1) is 0 Å². The second kappa shape index (κ2) is 11.2.